The van der Waals surface area contributed by atoms with Crippen LogP contribution in [-0.2, 0) is 0 Å². The van der Waals surface area contributed by atoms with Crippen LogP contribution in [0.5, 0.6) is 0 Å². The molecule has 1 atom stereocenters. The molecule has 0 bridgehead atoms. The highest BCUT2D eigenvalue weighted by Gasteiger charge is 2.25. The van der Waals surface area contributed by atoms with Crippen LogP contribution in [0, 0.1) is 3.57 Å². The Bertz CT molecular complexity index is 341. The molecule has 0 radical (unpaired) electrons. The molecule has 1 aromatic rings. The smallest absolute Gasteiger partial charge is 0.225 e. The van der Waals surface area contributed by atoms with E-state index in [4.69, 9.17) is 0 Å². The Labute approximate surface area is 116 Å². The molecule has 1 saturated heterocycles. The van der Waals surface area contributed by atoms with Crippen LogP contribution in [0.2, 0.25) is 0 Å². The van der Waals surface area contributed by atoms with E-state index in [-0.39, 0.29) is 0 Å². The van der Waals surface area contributed by atoms with Gasteiger partial charge in [0.2, 0.25) is 5.95 Å². The molecule has 1 aliphatic heterocycles. The van der Waals surface area contributed by atoms with E-state index in [0.29, 0.717) is 6.04 Å². The molecule has 0 amide bonds. The largest absolute Gasteiger partial charge is 0.337 e. The summed E-state index contributed by atoms with van der Waals surface area (Å²) in [5.41, 5.74) is 0. The summed E-state index contributed by atoms with van der Waals surface area (Å²) in [7, 11) is 0. The van der Waals surface area contributed by atoms with Gasteiger partial charge < -0.3 is 10.2 Å². The summed E-state index contributed by atoms with van der Waals surface area (Å²) in [4.78, 5) is 11.2. The van der Waals surface area contributed by atoms with Crippen molar-refractivity contribution in [1.82, 2.24) is 15.3 Å². The zero-order valence-electron chi connectivity index (χ0n) is 10.2. The number of nitrogens with one attached hydrogen (secondary N) is 1. The van der Waals surface area contributed by atoms with Gasteiger partial charge in [-0.2, -0.15) is 0 Å². The highest BCUT2D eigenvalue weighted by atomic mass is 127. The van der Waals surface area contributed by atoms with Gasteiger partial charge in [0.05, 0.1) is 0 Å². The van der Waals surface area contributed by atoms with Crippen molar-refractivity contribution in [2.45, 2.75) is 32.2 Å². The Morgan fingerprint density at radius 1 is 1.47 bits per heavy atom. The first-order valence-electron chi connectivity index (χ1n) is 6.26. The first-order valence-corrected chi connectivity index (χ1v) is 7.34. The fourth-order valence-electron chi connectivity index (χ4n) is 2.21. The SMILES string of the molecule is CCCNCC1CCCN1c1ncc(I)cn1. The van der Waals surface area contributed by atoms with Crippen molar-refractivity contribution in [3.63, 3.8) is 0 Å². The number of hydrogen-bond acceptors (Lipinski definition) is 4. The fraction of sp³-hybridized carbons (Fsp3) is 0.667. The third-order valence-electron chi connectivity index (χ3n) is 3.05. The minimum absolute atomic E-state index is 0.557. The third kappa shape index (κ3) is 3.51. The number of hydrogen-bond donors (Lipinski definition) is 1. The Morgan fingerprint density at radius 3 is 2.94 bits per heavy atom. The van der Waals surface area contributed by atoms with Crippen molar-refractivity contribution < 1.29 is 0 Å². The topological polar surface area (TPSA) is 41.0 Å². The molecule has 1 aliphatic rings. The molecule has 1 fully saturated rings. The molecule has 5 heteroatoms. The summed E-state index contributed by atoms with van der Waals surface area (Å²) in [6.07, 6.45) is 7.45. The van der Waals surface area contributed by atoms with Crippen molar-refractivity contribution >= 4 is 28.5 Å². The molecule has 0 aliphatic carbocycles. The predicted octanol–water partition coefficient (Wildman–Crippen LogP) is 2.05. The number of halogens is 1. The minimum atomic E-state index is 0.557. The van der Waals surface area contributed by atoms with Gasteiger partial charge in [-0.05, 0) is 48.4 Å². The maximum Gasteiger partial charge on any atom is 0.225 e. The molecule has 2 heterocycles. The van der Waals surface area contributed by atoms with Crippen LogP contribution in [0.4, 0.5) is 5.95 Å². The van der Waals surface area contributed by atoms with Gasteiger partial charge >= 0.3 is 0 Å². The van der Waals surface area contributed by atoms with E-state index >= 15 is 0 Å². The summed E-state index contributed by atoms with van der Waals surface area (Å²) in [6.45, 7) is 5.42. The first kappa shape index (κ1) is 13.0. The van der Waals surface area contributed by atoms with Crippen LogP contribution in [-0.4, -0.2) is 35.6 Å². The van der Waals surface area contributed by atoms with E-state index in [1.807, 2.05) is 12.4 Å². The molecule has 0 saturated carbocycles. The van der Waals surface area contributed by atoms with Gasteiger partial charge in [-0.1, -0.05) is 6.92 Å². The van der Waals surface area contributed by atoms with Gasteiger partial charge in [0.15, 0.2) is 0 Å². The summed E-state index contributed by atoms with van der Waals surface area (Å²) < 4.78 is 1.09. The molecule has 1 N–H and O–H groups in total. The Kier molecular flexibility index (Phi) is 4.97. The summed E-state index contributed by atoms with van der Waals surface area (Å²) in [6, 6.07) is 0.557. The van der Waals surface area contributed by atoms with Crippen molar-refractivity contribution in [1.29, 1.82) is 0 Å². The van der Waals surface area contributed by atoms with Crippen LogP contribution < -0.4 is 10.2 Å². The van der Waals surface area contributed by atoms with Crippen molar-refractivity contribution in [2.24, 2.45) is 0 Å². The number of rotatable bonds is 5. The average molecular weight is 346 g/mol. The summed E-state index contributed by atoms with van der Waals surface area (Å²) in [5, 5.41) is 3.49. The van der Waals surface area contributed by atoms with E-state index < -0.39 is 0 Å². The van der Waals surface area contributed by atoms with E-state index in [2.05, 4.69) is 49.7 Å². The molecule has 1 unspecified atom stereocenters. The Hall–Kier alpha value is -0.430. The van der Waals surface area contributed by atoms with Crippen molar-refractivity contribution in [2.75, 3.05) is 24.5 Å². The molecule has 4 nitrogen and oxygen atoms in total. The lowest BCUT2D eigenvalue weighted by Gasteiger charge is -2.24. The zero-order valence-corrected chi connectivity index (χ0v) is 12.4. The highest BCUT2D eigenvalue weighted by molar-refractivity contribution is 14.1. The molecule has 0 spiro atoms. The quantitative estimate of drug-likeness (QED) is 0.655. The van der Waals surface area contributed by atoms with Gasteiger partial charge in [0.1, 0.15) is 0 Å². The second-order valence-corrected chi connectivity index (χ2v) is 5.64. The maximum atomic E-state index is 4.42. The summed E-state index contributed by atoms with van der Waals surface area (Å²) >= 11 is 2.24. The lowest BCUT2D eigenvalue weighted by Crippen LogP contribution is -2.39. The molecule has 1 aromatic heterocycles. The molecular formula is C12H19IN4. The van der Waals surface area contributed by atoms with E-state index in [1.54, 1.807) is 0 Å². The molecule has 0 aromatic carbocycles. The number of nitrogens with zero attached hydrogens (tertiary/aromatic N) is 3. The summed E-state index contributed by atoms with van der Waals surface area (Å²) in [5.74, 6) is 0.881. The lowest BCUT2D eigenvalue weighted by atomic mass is 10.2. The standard InChI is InChI=1S/C12H19IN4/c1-2-5-14-9-11-4-3-6-17(11)12-15-7-10(13)8-16-12/h7-8,11,14H,2-6,9H2,1H3. The van der Waals surface area contributed by atoms with Gasteiger partial charge in [-0.3, -0.25) is 0 Å². The van der Waals surface area contributed by atoms with Crippen LogP contribution in [0.3, 0.4) is 0 Å². The predicted molar refractivity (Wildman–Crippen MR) is 78.3 cm³/mol. The van der Waals surface area contributed by atoms with E-state index in [9.17, 15) is 0 Å². The molecule has 17 heavy (non-hydrogen) atoms. The monoisotopic (exact) mass is 346 g/mol. The number of anilines is 1. The number of aromatic nitrogens is 2. The Morgan fingerprint density at radius 2 is 2.24 bits per heavy atom. The zero-order chi connectivity index (χ0) is 12.1. The van der Waals surface area contributed by atoms with Crippen LogP contribution in [0.15, 0.2) is 12.4 Å². The lowest BCUT2D eigenvalue weighted by molar-refractivity contribution is 0.565. The first-order chi connectivity index (χ1) is 8.31. The van der Waals surface area contributed by atoms with Crippen LogP contribution >= 0.6 is 22.6 Å². The van der Waals surface area contributed by atoms with Crippen molar-refractivity contribution in [3.8, 4) is 0 Å². The van der Waals surface area contributed by atoms with Crippen LogP contribution in [0.1, 0.15) is 26.2 Å². The van der Waals surface area contributed by atoms with Crippen LogP contribution in [0.25, 0.3) is 0 Å². The second-order valence-electron chi connectivity index (χ2n) is 4.39. The molecular weight excluding hydrogens is 327 g/mol. The molecule has 94 valence electrons. The van der Waals surface area contributed by atoms with Gasteiger partial charge in [-0.15, -0.1) is 0 Å². The van der Waals surface area contributed by atoms with Gasteiger partial charge in [0.25, 0.3) is 0 Å². The van der Waals surface area contributed by atoms with Gasteiger partial charge in [-0.25, -0.2) is 9.97 Å². The van der Waals surface area contributed by atoms with Crippen molar-refractivity contribution in [3.05, 3.63) is 16.0 Å². The highest BCUT2D eigenvalue weighted by Crippen LogP contribution is 2.21. The third-order valence-corrected chi connectivity index (χ3v) is 3.60. The normalized spacial score (nSPS) is 19.9. The molecule has 2 rings (SSSR count). The van der Waals surface area contributed by atoms with E-state index in [0.717, 1.165) is 29.2 Å². The Balaban J connectivity index is 1.96. The van der Waals surface area contributed by atoms with Gasteiger partial charge in [0, 0.05) is 35.1 Å². The fourth-order valence-corrected chi connectivity index (χ4v) is 2.49. The second kappa shape index (κ2) is 6.49. The maximum absolute atomic E-state index is 4.42. The average Bonchev–Trinajstić information content (AvgIpc) is 2.79. The minimum Gasteiger partial charge on any atom is -0.337 e. The van der Waals surface area contributed by atoms with E-state index in [1.165, 1.54) is 19.3 Å².